The third-order valence-corrected chi connectivity index (χ3v) is 6.98. The first kappa shape index (κ1) is 24.7. The minimum Gasteiger partial charge on any atom is -0.370 e. The number of fused-ring (bicyclic) bond motifs is 1. The normalized spacial score (nSPS) is 11.0. The van der Waals surface area contributed by atoms with Crippen LogP contribution in [0, 0.1) is 6.92 Å². The van der Waals surface area contributed by atoms with Crippen molar-refractivity contribution in [1.29, 1.82) is 0 Å². The first-order valence-electron chi connectivity index (χ1n) is 12.1. The van der Waals surface area contributed by atoms with Gasteiger partial charge in [-0.1, -0.05) is 60.7 Å². The summed E-state index contributed by atoms with van der Waals surface area (Å²) in [5.74, 6) is -0.277. The standard InChI is InChI=1S/C31H26BrN3O2/c1-21-10-3-7-15-27(21)34(2)18-22-11-4-5-13-24(22)30(36)26-20-35(19-23-12-9-17-29(32)33-23)28-16-8-6-14-25(28)31(26)37/h3-17,20H,18-19H2,1-2H3. The lowest BCUT2D eigenvalue weighted by Crippen LogP contribution is -2.23. The lowest BCUT2D eigenvalue weighted by molar-refractivity contribution is 0.103. The van der Waals surface area contributed by atoms with Gasteiger partial charge in [0.25, 0.3) is 0 Å². The summed E-state index contributed by atoms with van der Waals surface area (Å²) in [5, 5.41) is 0.512. The Bertz CT molecular complexity index is 1680. The monoisotopic (exact) mass is 551 g/mol. The van der Waals surface area contributed by atoms with Gasteiger partial charge in [0.05, 0.1) is 23.3 Å². The molecule has 0 radical (unpaired) electrons. The van der Waals surface area contributed by atoms with Gasteiger partial charge in [-0.15, -0.1) is 0 Å². The quantitative estimate of drug-likeness (QED) is 0.174. The Kier molecular flexibility index (Phi) is 7.01. The van der Waals surface area contributed by atoms with E-state index in [0.29, 0.717) is 24.0 Å². The molecule has 0 N–H and O–H groups in total. The first-order chi connectivity index (χ1) is 17.9. The SMILES string of the molecule is Cc1ccccc1N(C)Cc1ccccc1C(=O)c1cn(Cc2cccc(Br)n2)c2ccccc2c1=O. The van der Waals surface area contributed by atoms with E-state index < -0.39 is 0 Å². The maximum Gasteiger partial charge on any atom is 0.200 e. The number of halogens is 1. The summed E-state index contributed by atoms with van der Waals surface area (Å²) < 4.78 is 2.67. The number of rotatable bonds is 7. The fourth-order valence-corrected chi connectivity index (χ4v) is 5.09. The van der Waals surface area contributed by atoms with E-state index in [9.17, 15) is 9.59 Å². The van der Waals surface area contributed by atoms with Gasteiger partial charge in [-0.2, -0.15) is 0 Å². The molecule has 0 aliphatic heterocycles. The fourth-order valence-electron chi connectivity index (χ4n) is 4.71. The van der Waals surface area contributed by atoms with Crippen molar-refractivity contribution in [2.24, 2.45) is 0 Å². The number of para-hydroxylation sites is 2. The van der Waals surface area contributed by atoms with Gasteiger partial charge < -0.3 is 9.47 Å². The van der Waals surface area contributed by atoms with Crippen LogP contribution in [0.4, 0.5) is 5.69 Å². The Hall–Kier alpha value is -4.03. The highest BCUT2D eigenvalue weighted by Crippen LogP contribution is 2.23. The highest BCUT2D eigenvalue weighted by Gasteiger charge is 2.20. The number of anilines is 1. The average Bonchev–Trinajstić information content (AvgIpc) is 2.90. The number of carbonyl (C=O) groups excluding carboxylic acids is 1. The second-order valence-electron chi connectivity index (χ2n) is 9.10. The number of carbonyl (C=O) groups is 1. The van der Waals surface area contributed by atoms with Gasteiger partial charge in [0, 0.05) is 36.4 Å². The Morgan fingerprint density at radius 3 is 2.43 bits per heavy atom. The molecule has 0 bridgehead atoms. The largest absolute Gasteiger partial charge is 0.370 e. The van der Waals surface area contributed by atoms with Crippen molar-refractivity contribution in [2.45, 2.75) is 20.0 Å². The zero-order valence-electron chi connectivity index (χ0n) is 20.7. The van der Waals surface area contributed by atoms with Gasteiger partial charge in [0.15, 0.2) is 5.78 Å². The second kappa shape index (κ2) is 10.5. The zero-order valence-corrected chi connectivity index (χ0v) is 22.3. The molecule has 0 amide bonds. The molecule has 184 valence electrons. The van der Waals surface area contributed by atoms with Gasteiger partial charge in [-0.05, 0) is 64.3 Å². The Balaban J connectivity index is 1.57. The molecule has 2 aromatic heterocycles. The maximum atomic E-state index is 13.9. The molecular formula is C31H26BrN3O2. The molecule has 5 aromatic rings. The number of hydrogen-bond acceptors (Lipinski definition) is 4. The van der Waals surface area contributed by atoms with Crippen molar-refractivity contribution in [2.75, 3.05) is 11.9 Å². The van der Waals surface area contributed by atoms with Crippen LogP contribution in [0.2, 0.25) is 0 Å². The summed E-state index contributed by atoms with van der Waals surface area (Å²) in [6.07, 6.45) is 1.68. The van der Waals surface area contributed by atoms with E-state index in [1.165, 1.54) is 0 Å². The molecule has 0 saturated heterocycles. The smallest absolute Gasteiger partial charge is 0.200 e. The fraction of sp³-hybridized carbons (Fsp3) is 0.129. The Labute approximate surface area is 224 Å². The number of benzene rings is 3. The number of nitrogens with zero attached hydrogens (tertiary/aromatic N) is 3. The summed E-state index contributed by atoms with van der Waals surface area (Å²) in [4.78, 5) is 34.1. The van der Waals surface area contributed by atoms with Gasteiger partial charge in [-0.3, -0.25) is 9.59 Å². The number of aryl methyl sites for hydroxylation is 1. The summed E-state index contributed by atoms with van der Waals surface area (Å²) in [7, 11) is 2.01. The molecule has 0 saturated carbocycles. The molecule has 0 atom stereocenters. The van der Waals surface area contributed by atoms with Gasteiger partial charge in [0.1, 0.15) is 4.60 Å². The molecule has 6 heteroatoms. The zero-order chi connectivity index (χ0) is 25.9. The highest BCUT2D eigenvalue weighted by atomic mass is 79.9. The average molecular weight is 552 g/mol. The van der Waals surface area contributed by atoms with Crippen LogP contribution in [0.3, 0.4) is 0 Å². The van der Waals surface area contributed by atoms with E-state index in [0.717, 1.165) is 32.6 Å². The first-order valence-corrected chi connectivity index (χ1v) is 12.8. The lowest BCUT2D eigenvalue weighted by Gasteiger charge is -2.23. The molecule has 3 aromatic carbocycles. The van der Waals surface area contributed by atoms with Crippen molar-refractivity contribution >= 4 is 38.3 Å². The van der Waals surface area contributed by atoms with Crippen molar-refractivity contribution in [3.05, 3.63) is 140 Å². The van der Waals surface area contributed by atoms with Crippen LogP contribution in [-0.4, -0.2) is 22.4 Å². The topological polar surface area (TPSA) is 55.2 Å². The maximum absolute atomic E-state index is 13.9. The number of ketones is 1. The third-order valence-electron chi connectivity index (χ3n) is 6.53. The molecule has 5 nitrogen and oxygen atoms in total. The summed E-state index contributed by atoms with van der Waals surface area (Å²) >= 11 is 3.43. The van der Waals surface area contributed by atoms with E-state index in [1.54, 1.807) is 18.3 Å². The molecular weight excluding hydrogens is 526 g/mol. The van der Waals surface area contributed by atoms with Gasteiger partial charge in [-0.25, -0.2) is 4.98 Å². The molecule has 0 unspecified atom stereocenters. The van der Waals surface area contributed by atoms with E-state index in [2.05, 4.69) is 44.9 Å². The van der Waals surface area contributed by atoms with E-state index in [-0.39, 0.29) is 16.8 Å². The van der Waals surface area contributed by atoms with Crippen molar-refractivity contribution in [3.8, 4) is 0 Å². The van der Waals surface area contributed by atoms with Crippen LogP contribution in [0.1, 0.15) is 32.7 Å². The Morgan fingerprint density at radius 2 is 1.62 bits per heavy atom. The molecule has 0 spiro atoms. The van der Waals surface area contributed by atoms with Crippen molar-refractivity contribution in [3.63, 3.8) is 0 Å². The second-order valence-corrected chi connectivity index (χ2v) is 9.91. The van der Waals surface area contributed by atoms with Crippen LogP contribution in [0.25, 0.3) is 10.9 Å². The Morgan fingerprint density at radius 1 is 0.892 bits per heavy atom. The number of hydrogen-bond donors (Lipinski definition) is 0. The molecule has 0 aliphatic carbocycles. The van der Waals surface area contributed by atoms with Gasteiger partial charge >= 0.3 is 0 Å². The van der Waals surface area contributed by atoms with Crippen molar-refractivity contribution < 1.29 is 4.79 Å². The van der Waals surface area contributed by atoms with Crippen LogP contribution >= 0.6 is 15.9 Å². The van der Waals surface area contributed by atoms with Crippen LogP contribution < -0.4 is 10.3 Å². The molecule has 0 aliphatic rings. The molecule has 37 heavy (non-hydrogen) atoms. The summed E-state index contributed by atoms with van der Waals surface area (Å²) in [6, 6.07) is 28.8. The van der Waals surface area contributed by atoms with Crippen LogP contribution in [0.5, 0.6) is 0 Å². The van der Waals surface area contributed by atoms with Gasteiger partial charge in [0.2, 0.25) is 5.43 Å². The minimum atomic E-state index is -0.277. The highest BCUT2D eigenvalue weighted by molar-refractivity contribution is 9.10. The van der Waals surface area contributed by atoms with E-state index in [1.807, 2.05) is 78.3 Å². The van der Waals surface area contributed by atoms with Crippen LogP contribution in [0.15, 0.2) is 107 Å². The third kappa shape index (κ3) is 5.11. The lowest BCUT2D eigenvalue weighted by atomic mass is 9.97. The van der Waals surface area contributed by atoms with E-state index in [4.69, 9.17) is 0 Å². The summed E-state index contributed by atoms with van der Waals surface area (Å²) in [6.45, 7) is 3.04. The van der Waals surface area contributed by atoms with Crippen LogP contribution in [-0.2, 0) is 13.1 Å². The molecule has 0 fully saturated rings. The number of aromatic nitrogens is 2. The molecule has 5 rings (SSSR count). The predicted octanol–water partition coefficient (Wildman–Crippen LogP) is 6.38. The van der Waals surface area contributed by atoms with Crippen molar-refractivity contribution in [1.82, 2.24) is 9.55 Å². The predicted molar refractivity (Wildman–Crippen MR) is 152 cm³/mol. The van der Waals surface area contributed by atoms with E-state index >= 15 is 0 Å². The minimum absolute atomic E-state index is 0.152. The molecule has 2 heterocycles. The summed E-state index contributed by atoms with van der Waals surface area (Å²) in [5.41, 5.74) is 5.13. The number of pyridine rings is 2.